The zero-order chi connectivity index (χ0) is 14.4. The monoisotopic (exact) mass is 295 g/mol. The van der Waals surface area contributed by atoms with Gasteiger partial charge in [0.15, 0.2) is 0 Å². The van der Waals surface area contributed by atoms with E-state index in [9.17, 15) is 0 Å². The first kappa shape index (κ1) is 15.7. The van der Waals surface area contributed by atoms with Crippen molar-refractivity contribution in [3.63, 3.8) is 0 Å². The first-order valence-electron chi connectivity index (χ1n) is 8.11. The van der Waals surface area contributed by atoms with Gasteiger partial charge in [-0.25, -0.2) is 4.98 Å². The van der Waals surface area contributed by atoms with Crippen LogP contribution in [0, 0.1) is 0 Å². The van der Waals surface area contributed by atoms with Crippen LogP contribution in [0.25, 0.3) is 0 Å². The number of hydrogen-bond acceptors (Lipinski definition) is 3. The number of rotatable bonds is 7. The summed E-state index contributed by atoms with van der Waals surface area (Å²) in [6.45, 7) is 3.24. The minimum atomic E-state index is 0.645. The molecule has 0 atom stereocenters. The molecule has 0 amide bonds. The van der Waals surface area contributed by atoms with Crippen LogP contribution in [0.4, 0.5) is 5.82 Å². The molecule has 2 N–H and O–H groups in total. The summed E-state index contributed by atoms with van der Waals surface area (Å²) in [6, 6.07) is 0. The second kappa shape index (κ2) is 7.96. The van der Waals surface area contributed by atoms with Crippen molar-refractivity contribution in [3.8, 4) is 0 Å². The van der Waals surface area contributed by atoms with Gasteiger partial charge in [-0.2, -0.15) is 11.8 Å². The average Bonchev–Trinajstić information content (AvgIpc) is 2.78. The standard InChI is InChI=1S/C16H29N3S/c1-3-11-19-15(17)14(10-7-12-20-2)18-16(19)13-8-5-4-6-9-13/h13H,3-12,17H2,1-2H3. The van der Waals surface area contributed by atoms with Crippen molar-refractivity contribution in [2.75, 3.05) is 17.7 Å². The van der Waals surface area contributed by atoms with Crippen molar-refractivity contribution in [1.82, 2.24) is 9.55 Å². The fraction of sp³-hybridized carbons (Fsp3) is 0.812. The van der Waals surface area contributed by atoms with E-state index < -0.39 is 0 Å². The Bertz CT molecular complexity index is 408. The summed E-state index contributed by atoms with van der Waals surface area (Å²) in [5.41, 5.74) is 7.52. The molecule has 1 fully saturated rings. The van der Waals surface area contributed by atoms with E-state index in [1.165, 1.54) is 50.1 Å². The van der Waals surface area contributed by atoms with E-state index in [1.807, 2.05) is 11.8 Å². The number of aryl methyl sites for hydroxylation is 1. The number of aromatic nitrogens is 2. The van der Waals surface area contributed by atoms with Crippen molar-refractivity contribution in [3.05, 3.63) is 11.5 Å². The third-order valence-corrected chi connectivity index (χ3v) is 4.99. The van der Waals surface area contributed by atoms with Crippen molar-refractivity contribution in [2.45, 2.75) is 70.8 Å². The molecule has 114 valence electrons. The highest BCUT2D eigenvalue weighted by atomic mass is 32.2. The van der Waals surface area contributed by atoms with E-state index >= 15 is 0 Å². The van der Waals surface area contributed by atoms with Gasteiger partial charge in [-0.05, 0) is 44.1 Å². The summed E-state index contributed by atoms with van der Waals surface area (Å²) in [7, 11) is 0. The molecule has 1 aliphatic carbocycles. The van der Waals surface area contributed by atoms with E-state index in [-0.39, 0.29) is 0 Å². The molecule has 0 radical (unpaired) electrons. The number of anilines is 1. The molecule has 4 heteroatoms. The summed E-state index contributed by atoms with van der Waals surface area (Å²) in [5.74, 6) is 4.06. The van der Waals surface area contributed by atoms with Crippen molar-refractivity contribution < 1.29 is 0 Å². The van der Waals surface area contributed by atoms with Gasteiger partial charge in [-0.15, -0.1) is 0 Å². The van der Waals surface area contributed by atoms with Crippen LogP contribution in [-0.2, 0) is 13.0 Å². The minimum absolute atomic E-state index is 0.645. The predicted molar refractivity (Wildman–Crippen MR) is 89.5 cm³/mol. The topological polar surface area (TPSA) is 43.8 Å². The molecule has 2 rings (SSSR count). The van der Waals surface area contributed by atoms with E-state index in [0.717, 1.165) is 30.9 Å². The zero-order valence-electron chi connectivity index (χ0n) is 13.0. The summed E-state index contributed by atoms with van der Waals surface area (Å²) in [6.07, 6.45) is 12.2. The molecular weight excluding hydrogens is 266 g/mol. The van der Waals surface area contributed by atoms with Crippen LogP contribution in [0.15, 0.2) is 0 Å². The molecule has 0 aliphatic heterocycles. The molecule has 1 aromatic rings. The van der Waals surface area contributed by atoms with Crippen LogP contribution in [-0.4, -0.2) is 21.6 Å². The average molecular weight is 295 g/mol. The van der Waals surface area contributed by atoms with Gasteiger partial charge < -0.3 is 10.3 Å². The summed E-state index contributed by atoms with van der Waals surface area (Å²) >= 11 is 1.90. The van der Waals surface area contributed by atoms with Gasteiger partial charge in [0.1, 0.15) is 11.6 Å². The molecular formula is C16H29N3S. The third kappa shape index (κ3) is 3.72. The SMILES string of the molecule is CCCn1c(C2CCCCC2)nc(CCCSC)c1N. The quantitative estimate of drug-likeness (QED) is 0.766. The van der Waals surface area contributed by atoms with Crippen molar-refractivity contribution in [2.24, 2.45) is 0 Å². The highest BCUT2D eigenvalue weighted by Gasteiger charge is 2.23. The largest absolute Gasteiger partial charge is 0.384 e. The lowest BCUT2D eigenvalue weighted by atomic mass is 9.88. The van der Waals surface area contributed by atoms with Crippen LogP contribution in [0.1, 0.15) is 69.3 Å². The Morgan fingerprint density at radius 1 is 1.30 bits per heavy atom. The second-order valence-corrected chi connectivity index (χ2v) is 6.87. The fourth-order valence-electron chi connectivity index (χ4n) is 3.23. The maximum atomic E-state index is 6.37. The maximum Gasteiger partial charge on any atom is 0.126 e. The number of nitrogens with zero attached hydrogens (tertiary/aromatic N) is 2. The first-order chi connectivity index (χ1) is 9.77. The Labute approximate surface area is 127 Å². The number of thioether (sulfide) groups is 1. The highest BCUT2D eigenvalue weighted by Crippen LogP contribution is 2.34. The molecule has 1 aromatic heterocycles. The summed E-state index contributed by atoms with van der Waals surface area (Å²) < 4.78 is 2.31. The molecule has 1 heterocycles. The zero-order valence-corrected chi connectivity index (χ0v) is 13.8. The molecule has 0 unspecified atom stereocenters. The molecule has 0 spiro atoms. The van der Waals surface area contributed by atoms with Gasteiger partial charge in [0.2, 0.25) is 0 Å². The first-order valence-corrected chi connectivity index (χ1v) is 9.51. The highest BCUT2D eigenvalue weighted by molar-refractivity contribution is 7.98. The normalized spacial score (nSPS) is 16.7. The van der Waals surface area contributed by atoms with Crippen LogP contribution >= 0.6 is 11.8 Å². The van der Waals surface area contributed by atoms with Gasteiger partial charge in [0, 0.05) is 12.5 Å². The maximum absolute atomic E-state index is 6.37. The smallest absolute Gasteiger partial charge is 0.126 e. The van der Waals surface area contributed by atoms with E-state index in [1.54, 1.807) is 0 Å². The molecule has 0 aromatic carbocycles. The van der Waals surface area contributed by atoms with E-state index in [2.05, 4.69) is 17.7 Å². The van der Waals surface area contributed by atoms with Crippen LogP contribution in [0.5, 0.6) is 0 Å². The predicted octanol–water partition coefficient (Wildman–Crippen LogP) is 4.22. The lowest BCUT2D eigenvalue weighted by Crippen LogP contribution is -2.13. The van der Waals surface area contributed by atoms with Gasteiger partial charge in [0.25, 0.3) is 0 Å². The molecule has 20 heavy (non-hydrogen) atoms. The number of imidazole rings is 1. The Balaban J connectivity index is 2.17. The van der Waals surface area contributed by atoms with Crippen molar-refractivity contribution >= 4 is 17.6 Å². The molecule has 1 aliphatic rings. The Hall–Kier alpha value is -0.640. The number of nitrogen functional groups attached to an aromatic ring is 1. The van der Waals surface area contributed by atoms with Gasteiger partial charge in [-0.3, -0.25) is 0 Å². The van der Waals surface area contributed by atoms with Crippen molar-refractivity contribution in [1.29, 1.82) is 0 Å². The van der Waals surface area contributed by atoms with E-state index in [4.69, 9.17) is 10.7 Å². The van der Waals surface area contributed by atoms with Gasteiger partial charge in [-0.1, -0.05) is 26.2 Å². The summed E-state index contributed by atoms with van der Waals surface area (Å²) in [5, 5.41) is 0. The Kier molecular flexibility index (Phi) is 6.27. The lowest BCUT2D eigenvalue weighted by molar-refractivity contribution is 0.415. The number of hydrogen-bond donors (Lipinski definition) is 1. The van der Waals surface area contributed by atoms with Gasteiger partial charge >= 0.3 is 0 Å². The summed E-state index contributed by atoms with van der Waals surface area (Å²) in [4.78, 5) is 4.95. The Morgan fingerprint density at radius 2 is 2.05 bits per heavy atom. The molecule has 1 saturated carbocycles. The Morgan fingerprint density at radius 3 is 2.70 bits per heavy atom. The molecule has 0 saturated heterocycles. The van der Waals surface area contributed by atoms with E-state index in [0.29, 0.717) is 5.92 Å². The third-order valence-electron chi connectivity index (χ3n) is 4.29. The van der Waals surface area contributed by atoms with Crippen LogP contribution < -0.4 is 5.73 Å². The second-order valence-electron chi connectivity index (χ2n) is 5.88. The lowest BCUT2D eigenvalue weighted by Gasteiger charge is -2.22. The fourth-order valence-corrected chi connectivity index (χ4v) is 3.67. The molecule has 3 nitrogen and oxygen atoms in total. The van der Waals surface area contributed by atoms with Crippen LogP contribution in [0.3, 0.4) is 0 Å². The molecule has 0 bridgehead atoms. The minimum Gasteiger partial charge on any atom is -0.384 e. The number of nitrogens with two attached hydrogens (primary N) is 1. The van der Waals surface area contributed by atoms with Crippen LogP contribution in [0.2, 0.25) is 0 Å². The van der Waals surface area contributed by atoms with Gasteiger partial charge in [0.05, 0.1) is 5.69 Å².